The third-order valence-corrected chi connectivity index (χ3v) is 6.53. The normalized spacial score (nSPS) is 13.8. The van der Waals surface area contributed by atoms with E-state index in [1.54, 1.807) is 6.92 Å². The van der Waals surface area contributed by atoms with Gasteiger partial charge in [0.1, 0.15) is 0 Å². The van der Waals surface area contributed by atoms with Gasteiger partial charge >= 0.3 is 0 Å². The highest BCUT2D eigenvalue weighted by atomic mass is 32.2. The molecule has 4 nitrogen and oxygen atoms in total. The van der Waals surface area contributed by atoms with Gasteiger partial charge in [-0.3, -0.25) is 0 Å². The van der Waals surface area contributed by atoms with Crippen molar-refractivity contribution in [3.8, 4) is 0 Å². The first-order chi connectivity index (χ1) is 12.2. The second-order valence-corrected chi connectivity index (χ2v) is 10.3. The molecule has 0 aliphatic heterocycles. The summed E-state index contributed by atoms with van der Waals surface area (Å²) in [5, 5.41) is -0.326. The van der Waals surface area contributed by atoms with Crippen molar-refractivity contribution in [1.29, 1.82) is 0 Å². The molecule has 0 fully saturated rings. The molecule has 0 aliphatic rings. The van der Waals surface area contributed by atoms with Crippen LogP contribution in [0.1, 0.15) is 39.7 Å². The molecule has 138 valence electrons. The van der Waals surface area contributed by atoms with Gasteiger partial charge in [-0.25, -0.2) is 13.4 Å². The molecule has 0 bridgehead atoms. The number of benzene rings is 2. The summed E-state index contributed by atoms with van der Waals surface area (Å²) < 4.78 is 28.4. The van der Waals surface area contributed by atoms with E-state index in [0.29, 0.717) is 18.5 Å². The first-order valence-corrected chi connectivity index (χ1v) is 10.5. The van der Waals surface area contributed by atoms with Gasteiger partial charge < -0.3 is 4.57 Å². The molecule has 26 heavy (non-hydrogen) atoms. The Hall–Kier alpha value is -2.14. The SMILES string of the molecule is CC(CC(C)(C)C)S(=O)(=O)c1nc2ccccc2n1Cc1ccccc1. The Bertz CT molecular complexity index is 999. The van der Waals surface area contributed by atoms with E-state index in [0.717, 1.165) is 11.1 Å². The Morgan fingerprint density at radius 2 is 1.62 bits per heavy atom. The number of fused-ring (bicyclic) bond motifs is 1. The van der Waals surface area contributed by atoms with Gasteiger partial charge in [-0.1, -0.05) is 63.2 Å². The third kappa shape index (κ3) is 3.83. The number of hydrogen-bond donors (Lipinski definition) is 0. The standard InChI is InChI=1S/C21H26N2O2S/c1-16(14-21(2,3)4)26(24,25)20-22-18-12-8-9-13-19(18)23(20)15-17-10-6-5-7-11-17/h5-13,16H,14-15H2,1-4H3. The Kier molecular flexibility index (Phi) is 4.93. The molecular weight excluding hydrogens is 344 g/mol. The predicted molar refractivity (Wildman–Crippen MR) is 106 cm³/mol. The minimum Gasteiger partial charge on any atom is -0.310 e. The van der Waals surface area contributed by atoms with Gasteiger partial charge in [-0.15, -0.1) is 0 Å². The van der Waals surface area contributed by atoms with E-state index in [1.807, 2.05) is 59.2 Å². The lowest BCUT2D eigenvalue weighted by Crippen LogP contribution is -2.26. The summed E-state index contributed by atoms with van der Waals surface area (Å²) in [6.45, 7) is 8.45. The number of sulfone groups is 1. The highest BCUT2D eigenvalue weighted by Crippen LogP contribution is 2.29. The summed E-state index contributed by atoms with van der Waals surface area (Å²) in [5.41, 5.74) is 2.54. The Labute approximate surface area is 155 Å². The molecule has 0 amide bonds. The largest absolute Gasteiger partial charge is 0.310 e. The van der Waals surface area contributed by atoms with Crippen LogP contribution in [0.25, 0.3) is 11.0 Å². The van der Waals surface area contributed by atoms with Crippen molar-refractivity contribution in [1.82, 2.24) is 9.55 Å². The van der Waals surface area contributed by atoms with Crippen LogP contribution in [-0.2, 0) is 16.4 Å². The first-order valence-electron chi connectivity index (χ1n) is 8.91. The maximum atomic E-state index is 13.3. The van der Waals surface area contributed by atoms with Crippen LogP contribution in [0.15, 0.2) is 59.8 Å². The van der Waals surface area contributed by atoms with Gasteiger partial charge in [-0.2, -0.15) is 0 Å². The fourth-order valence-electron chi connectivity index (χ4n) is 3.34. The molecule has 0 N–H and O–H groups in total. The monoisotopic (exact) mass is 370 g/mol. The molecule has 3 rings (SSSR count). The molecule has 0 saturated carbocycles. The number of rotatable bonds is 5. The minimum absolute atomic E-state index is 0.0667. The fourth-order valence-corrected chi connectivity index (χ4v) is 5.12. The number of hydrogen-bond acceptors (Lipinski definition) is 3. The van der Waals surface area contributed by atoms with E-state index < -0.39 is 15.1 Å². The van der Waals surface area contributed by atoms with Crippen LogP contribution in [0.2, 0.25) is 0 Å². The second kappa shape index (κ2) is 6.88. The van der Waals surface area contributed by atoms with Crippen LogP contribution < -0.4 is 0 Å². The molecule has 0 spiro atoms. The summed E-state index contributed by atoms with van der Waals surface area (Å²) in [4.78, 5) is 4.51. The van der Waals surface area contributed by atoms with Crippen LogP contribution >= 0.6 is 0 Å². The van der Waals surface area contributed by atoms with Crippen molar-refractivity contribution in [3.63, 3.8) is 0 Å². The average Bonchev–Trinajstić information content (AvgIpc) is 2.94. The van der Waals surface area contributed by atoms with Crippen molar-refractivity contribution < 1.29 is 8.42 Å². The first kappa shape index (κ1) is 18.6. The smallest absolute Gasteiger partial charge is 0.229 e. The van der Waals surface area contributed by atoms with Crippen LogP contribution in [0, 0.1) is 5.41 Å². The van der Waals surface area contributed by atoms with Gasteiger partial charge in [-0.05, 0) is 36.5 Å². The van der Waals surface area contributed by atoms with E-state index in [4.69, 9.17) is 0 Å². The molecule has 1 aromatic heterocycles. The molecule has 0 radical (unpaired) electrons. The maximum Gasteiger partial charge on any atom is 0.229 e. The summed E-state index contributed by atoms with van der Waals surface area (Å²) in [6.07, 6.45) is 0.587. The molecule has 3 aromatic rings. The molecule has 2 aromatic carbocycles. The quantitative estimate of drug-likeness (QED) is 0.655. The fraction of sp³-hybridized carbons (Fsp3) is 0.381. The van der Waals surface area contributed by atoms with Crippen molar-refractivity contribution in [2.45, 2.75) is 51.1 Å². The second-order valence-electron chi connectivity index (χ2n) is 8.08. The number of imidazole rings is 1. The summed E-state index contributed by atoms with van der Waals surface area (Å²) in [5.74, 6) is 0. The van der Waals surface area contributed by atoms with E-state index >= 15 is 0 Å². The van der Waals surface area contributed by atoms with E-state index in [1.165, 1.54) is 0 Å². The molecule has 0 aliphatic carbocycles. The summed E-state index contributed by atoms with van der Waals surface area (Å²) in [7, 11) is -3.53. The third-order valence-electron chi connectivity index (χ3n) is 4.49. The van der Waals surface area contributed by atoms with Gasteiger partial charge in [0.15, 0.2) is 0 Å². The summed E-state index contributed by atoms with van der Waals surface area (Å²) in [6, 6.07) is 17.5. The zero-order valence-electron chi connectivity index (χ0n) is 15.8. The lowest BCUT2D eigenvalue weighted by molar-refractivity contribution is 0.370. The van der Waals surface area contributed by atoms with Crippen LogP contribution in [0.4, 0.5) is 0 Å². The van der Waals surface area contributed by atoms with Crippen molar-refractivity contribution in [2.24, 2.45) is 5.41 Å². The van der Waals surface area contributed by atoms with Gasteiger partial charge in [0.25, 0.3) is 0 Å². The number of nitrogens with zero attached hydrogens (tertiary/aromatic N) is 2. The van der Waals surface area contributed by atoms with Crippen LogP contribution in [0.3, 0.4) is 0 Å². The van der Waals surface area contributed by atoms with E-state index in [9.17, 15) is 8.42 Å². The van der Waals surface area contributed by atoms with Crippen LogP contribution in [-0.4, -0.2) is 23.2 Å². The Morgan fingerprint density at radius 1 is 1.00 bits per heavy atom. The number of para-hydroxylation sites is 2. The van der Waals surface area contributed by atoms with Crippen molar-refractivity contribution >= 4 is 20.9 Å². The maximum absolute atomic E-state index is 13.3. The van der Waals surface area contributed by atoms with E-state index in [2.05, 4.69) is 25.8 Å². The molecule has 1 heterocycles. The highest BCUT2D eigenvalue weighted by molar-refractivity contribution is 7.91. The Morgan fingerprint density at radius 3 is 2.27 bits per heavy atom. The topological polar surface area (TPSA) is 52.0 Å². The molecule has 1 unspecified atom stereocenters. The van der Waals surface area contributed by atoms with Gasteiger partial charge in [0, 0.05) is 0 Å². The highest BCUT2D eigenvalue weighted by Gasteiger charge is 2.32. The Balaban J connectivity index is 2.12. The lowest BCUT2D eigenvalue weighted by Gasteiger charge is -2.23. The zero-order valence-corrected chi connectivity index (χ0v) is 16.6. The van der Waals surface area contributed by atoms with Gasteiger partial charge in [0.05, 0.1) is 22.8 Å². The lowest BCUT2D eigenvalue weighted by atomic mass is 9.91. The summed E-state index contributed by atoms with van der Waals surface area (Å²) >= 11 is 0. The van der Waals surface area contributed by atoms with Gasteiger partial charge in [0.2, 0.25) is 15.0 Å². The molecule has 5 heteroatoms. The average molecular weight is 371 g/mol. The number of aromatic nitrogens is 2. The molecular formula is C21H26N2O2S. The predicted octanol–water partition coefficient (Wildman–Crippen LogP) is 4.68. The van der Waals surface area contributed by atoms with Crippen LogP contribution in [0.5, 0.6) is 0 Å². The molecule has 1 atom stereocenters. The van der Waals surface area contributed by atoms with Crippen molar-refractivity contribution in [3.05, 3.63) is 60.2 Å². The zero-order chi connectivity index (χ0) is 18.9. The van der Waals surface area contributed by atoms with Crippen molar-refractivity contribution in [2.75, 3.05) is 0 Å². The molecule has 0 saturated heterocycles. The van der Waals surface area contributed by atoms with E-state index in [-0.39, 0.29) is 10.6 Å². The minimum atomic E-state index is -3.53.